The minimum Gasteiger partial charge on any atom is -0.384 e. The Bertz CT molecular complexity index is 539. The summed E-state index contributed by atoms with van der Waals surface area (Å²) in [5.41, 5.74) is 1.95. The van der Waals surface area contributed by atoms with Crippen molar-refractivity contribution < 1.29 is 9.50 Å². The summed E-state index contributed by atoms with van der Waals surface area (Å²) < 4.78 is 14.5. The fourth-order valence-corrected chi connectivity index (χ4v) is 2.15. The van der Waals surface area contributed by atoms with E-state index in [9.17, 15) is 9.50 Å². The first kappa shape index (κ1) is 12.3. The third-order valence-electron chi connectivity index (χ3n) is 2.74. The summed E-state index contributed by atoms with van der Waals surface area (Å²) in [4.78, 5) is 0. The molecular formula is C14H12BrFO. The van der Waals surface area contributed by atoms with Gasteiger partial charge >= 0.3 is 0 Å². The number of rotatable bonds is 2. The van der Waals surface area contributed by atoms with Gasteiger partial charge in [0.15, 0.2) is 0 Å². The number of aliphatic hydroxyl groups is 1. The number of benzene rings is 2. The maximum atomic E-state index is 13.6. The molecule has 0 amide bonds. The molecule has 1 atom stereocenters. The monoisotopic (exact) mass is 294 g/mol. The van der Waals surface area contributed by atoms with E-state index in [1.807, 2.05) is 25.1 Å². The Hall–Kier alpha value is -1.19. The molecule has 1 unspecified atom stereocenters. The Labute approximate surface area is 108 Å². The van der Waals surface area contributed by atoms with Crippen LogP contribution in [0.1, 0.15) is 22.8 Å². The van der Waals surface area contributed by atoms with Gasteiger partial charge in [-0.25, -0.2) is 4.39 Å². The molecule has 0 saturated heterocycles. The van der Waals surface area contributed by atoms with Gasteiger partial charge in [-0.05, 0) is 36.2 Å². The van der Waals surface area contributed by atoms with Crippen molar-refractivity contribution in [2.24, 2.45) is 0 Å². The van der Waals surface area contributed by atoms with Crippen molar-refractivity contribution in [3.63, 3.8) is 0 Å². The number of hydrogen-bond donors (Lipinski definition) is 1. The number of aryl methyl sites for hydroxylation is 1. The molecule has 0 aliphatic carbocycles. The molecular weight excluding hydrogens is 283 g/mol. The first-order chi connectivity index (χ1) is 8.09. The van der Waals surface area contributed by atoms with Crippen molar-refractivity contribution >= 4 is 15.9 Å². The van der Waals surface area contributed by atoms with Gasteiger partial charge in [0.05, 0.1) is 0 Å². The first-order valence-corrected chi connectivity index (χ1v) is 6.07. The van der Waals surface area contributed by atoms with Gasteiger partial charge in [-0.15, -0.1) is 0 Å². The van der Waals surface area contributed by atoms with Crippen LogP contribution in [0.3, 0.4) is 0 Å². The molecule has 1 N–H and O–H groups in total. The maximum absolute atomic E-state index is 13.6. The highest BCUT2D eigenvalue weighted by Gasteiger charge is 2.16. The van der Waals surface area contributed by atoms with Gasteiger partial charge in [0.2, 0.25) is 0 Å². The maximum Gasteiger partial charge on any atom is 0.129 e. The van der Waals surface area contributed by atoms with Crippen LogP contribution in [-0.4, -0.2) is 5.11 Å². The predicted octanol–water partition coefficient (Wildman–Crippen LogP) is 3.98. The zero-order chi connectivity index (χ0) is 12.4. The number of aliphatic hydroxyl groups excluding tert-OH is 1. The van der Waals surface area contributed by atoms with Crippen molar-refractivity contribution in [3.05, 3.63) is 69.4 Å². The molecule has 2 aromatic carbocycles. The number of halogens is 2. The van der Waals surface area contributed by atoms with Gasteiger partial charge in [0.25, 0.3) is 0 Å². The van der Waals surface area contributed by atoms with Crippen LogP contribution >= 0.6 is 15.9 Å². The van der Waals surface area contributed by atoms with E-state index in [4.69, 9.17) is 0 Å². The van der Waals surface area contributed by atoms with Crippen LogP contribution in [-0.2, 0) is 0 Å². The van der Waals surface area contributed by atoms with Gasteiger partial charge < -0.3 is 5.11 Å². The molecule has 0 aliphatic heterocycles. The molecule has 88 valence electrons. The van der Waals surface area contributed by atoms with Crippen LogP contribution in [0.25, 0.3) is 0 Å². The van der Waals surface area contributed by atoms with E-state index in [0.29, 0.717) is 11.1 Å². The van der Waals surface area contributed by atoms with Gasteiger partial charge in [0, 0.05) is 10.0 Å². The Morgan fingerprint density at radius 2 is 1.82 bits per heavy atom. The zero-order valence-corrected chi connectivity index (χ0v) is 10.9. The third kappa shape index (κ3) is 2.56. The van der Waals surface area contributed by atoms with Crippen molar-refractivity contribution in [1.82, 2.24) is 0 Å². The second-order valence-electron chi connectivity index (χ2n) is 3.92. The highest BCUT2D eigenvalue weighted by Crippen LogP contribution is 2.28. The summed E-state index contributed by atoms with van der Waals surface area (Å²) >= 11 is 3.35. The lowest BCUT2D eigenvalue weighted by Gasteiger charge is -2.15. The molecule has 17 heavy (non-hydrogen) atoms. The Morgan fingerprint density at radius 3 is 2.53 bits per heavy atom. The van der Waals surface area contributed by atoms with E-state index in [2.05, 4.69) is 15.9 Å². The van der Waals surface area contributed by atoms with Crippen LogP contribution in [0, 0.1) is 12.7 Å². The molecule has 0 bridgehead atoms. The van der Waals surface area contributed by atoms with Crippen LogP contribution in [0.4, 0.5) is 4.39 Å². The normalized spacial score (nSPS) is 12.5. The van der Waals surface area contributed by atoms with Crippen LogP contribution in [0.5, 0.6) is 0 Å². The van der Waals surface area contributed by atoms with Gasteiger partial charge in [-0.2, -0.15) is 0 Å². The lowest BCUT2D eigenvalue weighted by molar-refractivity contribution is 0.214. The summed E-state index contributed by atoms with van der Waals surface area (Å²) in [7, 11) is 0. The third-order valence-corrected chi connectivity index (χ3v) is 3.23. The lowest BCUT2D eigenvalue weighted by Crippen LogP contribution is -2.04. The molecule has 0 fully saturated rings. The molecule has 0 heterocycles. The Balaban J connectivity index is 2.47. The van der Waals surface area contributed by atoms with E-state index in [1.165, 1.54) is 6.07 Å². The minimum atomic E-state index is -0.936. The first-order valence-electron chi connectivity index (χ1n) is 5.28. The van der Waals surface area contributed by atoms with Crippen molar-refractivity contribution in [2.75, 3.05) is 0 Å². The standard InChI is InChI=1S/C14H12BrFO/c1-9-6-7-10(15)8-12(9)14(17)11-4-2-3-5-13(11)16/h2-8,14,17H,1H3. The second kappa shape index (κ2) is 4.98. The van der Waals surface area contributed by atoms with Crippen molar-refractivity contribution in [1.29, 1.82) is 0 Å². The van der Waals surface area contributed by atoms with Crippen molar-refractivity contribution in [3.8, 4) is 0 Å². The fraction of sp³-hybridized carbons (Fsp3) is 0.143. The van der Waals surface area contributed by atoms with E-state index < -0.39 is 6.10 Å². The highest BCUT2D eigenvalue weighted by atomic mass is 79.9. The molecule has 0 radical (unpaired) electrons. The average Bonchev–Trinajstić information content (AvgIpc) is 2.32. The SMILES string of the molecule is Cc1ccc(Br)cc1C(O)c1ccccc1F. The predicted molar refractivity (Wildman–Crippen MR) is 69.3 cm³/mol. The fourth-order valence-electron chi connectivity index (χ4n) is 1.77. The van der Waals surface area contributed by atoms with E-state index >= 15 is 0 Å². The van der Waals surface area contributed by atoms with Gasteiger partial charge in [0.1, 0.15) is 11.9 Å². The van der Waals surface area contributed by atoms with Gasteiger partial charge in [-0.1, -0.05) is 40.2 Å². The summed E-state index contributed by atoms with van der Waals surface area (Å²) in [6.45, 7) is 1.89. The molecule has 2 rings (SSSR count). The quantitative estimate of drug-likeness (QED) is 0.888. The van der Waals surface area contributed by atoms with E-state index in [0.717, 1.165) is 10.0 Å². The summed E-state index contributed by atoms with van der Waals surface area (Å²) in [6.07, 6.45) is -0.936. The Kier molecular flexibility index (Phi) is 3.60. The highest BCUT2D eigenvalue weighted by molar-refractivity contribution is 9.10. The smallest absolute Gasteiger partial charge is 0.129 e. The molecule has 0 aromatic heterocycles. The molecule has 3 heteroatoms. The van der Waals surface area contributed by atoms with Crippen LogP contribution in [0.15, 0.2) is 46.9 Å². The topological polar surface area (TPSA) is 20.2 Å². The molecule has 0 saturated carbocycles. The summed E-state index contributed by atoms with van der Waals surface area (Å²) in [5, 5.41) is 10.2. The van der Waals surface area contributed by atoms with Crippen molar-refractivity contribution in [2.45, 2.75) is 13.0 Å². The summed E-state index contributed by atoms with van der Waals surface area (Å²) in [5.74, 6) is -0.389. The molecule has 0 spiro atoms. The van der Waals surface area contributed by atoms with Gasteiger partial charge in [-0.3, -0.25) is 0 Å². The average molecular weight is 295 g/mol. The minimum absolute atomic E-state index is 0.300. The largest absolute Gasteiger partial charge is 0.384 e. The van der Waals surface area contributed by atoms with E-state index in [-0.39, 0.29) is 5.82 Å². The molecule has 1 nitrogen and oxygen atoms in total. The van der Waals surface area contributed by atoms with E-state index in [1.54, 1.807) is 18.2 Å². The lowest BCUT2D eigenvalue weighted by atomic mass is 9.97. The zero-order valence-electron chi connectivity index (χ0n) is 9.32. The van der Waals surface area contributed by atoms with Crippen LogP contribution < -0.4 is 0 Å². The second-order valence-corrected chi connectivity index (χ2v) is 4.84. The summed E-state index contributed by atoms with van der Waals surface area (Å²) in [6, 6.07) is 11.9. The number of hydrogen-bond acceptors (Lipinski definition) is 1. The molecule has 0 aliphatic rings. The van der Waals surface area contributed by atoms with Crippen LogP contribution in [0.2, 0.25) is 0 Å². The molecule has 2 aromatic rings. The Morgan fingerprint density at radius 1 is 1.12 bits per heavy atom.